The Kier molecular flexibility index (Phi) is 3.14. The summed E-state index contributed by atoms with van der Waals surface area (Å²) in [4.78, 5) is 4.62. The van der Waals surface area contributed by atoms with Crippen LogP contribution in [0.4, 0.5) is 0 Å². The molecule has 4 heteroatoms. The molecule has 1 saturated heterocycles. The van der Waals surface area contributed by atoms with E-state index in [1.807, 2.05) is 0 Å². The SMILES string of the molecule is CC1(C)CCC(c2noc([C@@H]3CCCN3)n2)CC1. The molecule has 1 aliphatic heterocycles. The average Bonchev–Trinajstić information content (AvgIpc) is 2.99. The lowest BCUT2D eigenvalue weighted by Crippen LogP contribution is -2.21. The predicted molar refractivity (Wildman–Crippen MR) is 69.3 cm³/mol. The lowest BCUT2D eigenvalue weighted by molar-refractivity contribution is 0.218. The molecule has 1 aromatic heterocycles. The Bertz CT molecular complexity index is 397. The van der Waals surface area contributed by atoms with Crippen molar-refractivity contribution in [2.24, 2.45) is 5.41 Å². The molecule has 0 radical (unpaired) electrons. The van der Waals surface area contributed by atoms with Crippen LogP contribution in [0, 0.1) is 5.41 Å². The van der Waals surface area contributed by atoms with Crippen LogP contribution in [0.1, 0.15) is 76.0 Å². The smallest absolute Gasteiger partial charge is 0.243 e. The number of aromatic nitrogens is 2. The highest BCUT2D eigenvalue weighted by atomic mass is 16.5. The molecule has 0 spiro atoms. The molecule has 0 bridgehead atoms. The summed E-state index contributed by atoms with van der Waals surface area (Å²) in [6.07, 6.45) is 7.26. The normalized spacial score (nSPS) is 28.7. The van der Waals surface area contributed by atoms with Crippen molar-refractivity contribution in [3.63, 3.8) is 0 Å². The lowest BCUT2D eigenvalue weighted by atomic mass is 9.73. The fourth-order valence-corrected chi connectivity index (χ4v) is 3.11. The first-order valence-corrected chi connectivity index (χ1v) is 7.21. The Hall–Kier alpha value is -0.900. The maximum atomic E-state index is 5.43. The van der Waals surface area contributed by atoms with Crippen LogP contribution in [-0.2, 0) is 0 Å². The van der Waals surface area contributed by atoms with Gasteiger partial charge in [-0.1, -0.05) is 19.0 Å². The third-order valence-corrected chi connectivity index (χ3v) is 4.52. The fraction of sp³-hybridized carbons (Fsp3) is 0.857. The molecule has 3 rings (SSSR count). The van der Waals surface area contributed by atoms with Gasteiger partial charge in [-0.3, -0.25) is 0 Å². The minimum atomic E-state index is 0.297. The zero-order chi connectivity index (χ0) is 12.6. The van der Waals surface area contributed by atoms with Crippen molar-refractivity contribution in [1.82, 2.24) is 15.5 Å². The van der Waals surface area contributed by atoms with Crippen LogP contribution in [0.25, 0.3) is 0 Å². The van der Waals surface area contributed by atoms with Crippen molar-refractivity contribution in [1.29, 1.82) is 0 Å². The van der Waals surface area contributed by atoms with Crippen molar-refractivity contribution in [2.75, 3.05) is 6.54 Å². The average molecular weight is 249 g/mol. The van der Waals surface area contributed by atoms with Crippen LogP contribution >= 0.6 is 0 Å². The van der Waals surface area contributed by atoms with E-state index in [1.165, 1.54) is 32.1 Å². The number of nitrogens with one attached hydrogen (secondary N) is 1. The van der Waals surface area contributed by atoms with Gasteiger partial charge >= 0.3 is 0 Å². The van der Waals surface area contributed by atoms with Crippen molar-refractivity contribution in [3.8, 4) is 0 Å². The second-order valence-corrected chi connectivity index (χ2v) is 6.58. The number of hydrogen-bond acceptors (Lipinski definition) is 4. The molecule has 1 aromatic rings. The van der Waals surface area contributed by atoms with E-state index in [1.54, 1.807) is 0 Å². The molecule has 1 aliphatic carbocycles. The molecule has 2 heterocycles. The van der Waals surface area contributed by atoms with Crippen LogP contribution in [0.5, 0.6) is 0 Å². The molecular weight excluding hydrogens is 226 g/mol. The van der Waals surface area contributed by atoms with Crippen molar-refractivity contribution < 1.29 is 4.52 Å². The van der Waals surface area contributed by atoms with E-state index in [0.29, 0.717) is 17.4 Å². The maximum absolute atomic E-state index is 5.43. The summed E-state index contributed by atoms with van der Waals surface area (Å²) in [5.41, 5.74) is 0.496. The number of rotatable bonds is 2. The van der Waals surface area contributed by atoms with Crippen molar-refractivity contribution >= 4 is 0 Å². The van der Waals surface area contributed by atoms with Crippen LogP contribution in [0.3, 0.4) is 0 Å². The van der Waals surface area contributed by atoms with Gasteiger partial charge in [-0.25, -0.2) is 0 Å². The highest BCUT2D eigenvalue weighted by molar-refractivity contribution is 5.02. The Balaban J connectivity index is 1.66. The summed E-state index contributed by atoms with van der Waals surface area (Å²) in [6.45, 7) is 5.78. The van der Waals surface area contributed by atoms with Gasteiger partial charge in [0.1, 0.15) is 0 Å². The third kappa shape index (κ3) is 2.44. The van der Waals surface area contributed by atoms with Crippen LogP contribution < -0.4 is 5.32 Å². The molecule has 2 aliphatic rings. The van der Waals surface area contributed by atoms with Gasteiger partial charge in [0, 0.05) is 5.92 Å². The second-order valence-electron chi connectivity index (χ2n) is 6.58. The summed E-state index contributed by atoms with van der Waals surface area (Å²) >= 11 is 0. The summed E-state index contributed by atoms with van der Waals surface area (Å²) in [6, 6.07) is 0.297. The van der Waals surface area contributed by atoms with Crippen molar-refractivity contribution in [3.05, 3.63) is 11.7 Å². The summed E-state index contributed by atoms with van der Waals surface area (Å²) in [7, 11) is 0. The van der Waals surface area contributed by atoms with Crippen LogP contribution in [0.2, 0.25) is 0 Å². The summed E-state index contributed by atoms with van der Waals surface area (Å²) < 4.78 is 5.43. The molecule has 1 N–H and O–H groups in total. The van der Waals surface area contributed by atoms with Gasteiger partial charge in [-0.05, 0) is 50.5 Å². The minimum Gasteiger partial charge on any atom is -0.338 e. The Morgan fingerprint density at radius 3 is 2.67 bits per heavy atom. The van der Waals surface area contributed by atoms with Gasteiger partial charge in [-0.15, -0.1) is 0 Å². The van der Waals surface area contributed by atoms with Crippen LogP contribution in [-0.4, -0.2) is 16.7 Å². The zero-order valence-corrected chi connectivity index (χ0v) is 11.4. The molecule has 2 fully saturated rings. The number of nitrogens with zero attached hydrogens (tertiary/aromatic N) is 2. The van der Waals surface area contributed by atoms with Crippen LogP contribution in [0.15, 0.2) is 4.52 Å². The molecule has 1 atom stereocenters. The standard InChI is InChI=1S/C14H23N3O/c1-14(2)7-5-10(6-8-14)12-16-13(18-17-12)11-4-3-9-15-11/h10-11,15H,3-9H2,1-2H3/t11-/m0/s1. The van der Waals surface area contributed by atoms with Gasteiger partial charge in [0.2, 0.25) is 5.89 Å². The van der Waals surface area contributed by atoms with E-state index < -0.39 is 0 Å². The monoisotopic (exact) mass is 249 g/mol. The third-order valence-electron chi connectivity index (χ3n) is 4.52. The Morgan fingerprint density at radius 1 is 1.22 bits per heavy atom. The maximum Gasteiger partial charge on any atom is 0.243 e. The van der Waals surface area contributed by atoms with E-state index in [4.69, 9.17) is 4.52 Å². The lowest BCUT2D eigenvalue weighted by Gasteiger charge is -2.32. The van der Waals surface area contributed by atoms with E-state index in [-0.39, 0.29) is 0 Å². The first-order chi connectivity index (χ1) is 8.64. The van der Waals surface area contributed by atoms with Gasteiger partial charge in [0.15, 0.2) is 5.82 Å². The minimum absolute atomic E-state index is 0.297. The molecule has 4 nitrogen and oxygen atoms in total. The molecule has 0 aromatic carbocycles. The van der Waals surface area contributed by atoms with Gasteiger partial charge in [0.05, 0.1) is 6.04 Å². The first-order valence-electron chi connectivity index (χ1n) is 7.21. The van der Waals surface area contributed by atoms with E-state index >= 15 is 0 Å². The predicted octanol–water partition coefficient (Wildman–Crippen LogP) is 3.18. The van der Waals surface area contributed by atoms with Gasteiger partial charge < -0.3 is 9.84 Å². The van der Waals surface area contributed by atoms with Crippen molar-refractivity contribution in [2.45, 2.75) is 64.3 Å². The number of hydrogen-bond donors (Lipinski definition) is 1. The Morgan fingerprint density at radius 2 is 2.00 bits per heavy atom. The summed E-state index contributed by atoms with van der Waals surface area (Å²) in [5, 5.41) is 7.61. The van der Waals surface area contributed by atoms with E-state index in [0.717, 1.165) is 24.7 Å². The Labute approximate surface area is 109 Å². The van der Waals surface area contributed by atoms with E-state index in [9.17, 15) is 0 Å². The molecule has 18 heavy (non-hydrogen) atoms. The molecular formula is C14H23N3O. The molecule has 0 unspecified atom stereocenters. The highest BCUT2D eigenvalue weighted by Gasteiger charge is 2.31. The van der Waals surface area contributed by atoms with Gasteiger partial charge in [0.25, 0.3) is 0 Å². The molecule has 0 amide bonds. The quantitative estimate of drug-likeness (QED) is 0.874. The highest BCUT2D eigenvalue weighted by Crippen LogP contribution is 2.41. The zero-order valence-electron chi connectivity index (χ0n) is 11.4. The largest absolute Gasteiger partial charge is 0.338 e. The molecule has 100 valence electrons. The topological polar surface area (TPSA) is 51.0 Å². The summed E-state index contributed by atoms with van der Waals surface area (Å²) in [5.74, 6) is 2.25. The first kappa shape index (κ1) is 12.2. The fourth-order valence-electron chi connectivity index (χ4n) is 3.11. The molecule has 1 saturated carbocycles. The second kappa shape index (κ2) is 4.65. The van der Waals surface area contributed by atoms with E-state index in [2.05, 4.69) is 29.3 Å². The van der Waals surface area contributed by atoms with Gasteiger partial charge in [-0.2, -0.15) is 4.98 Å².